The van der Waals surface area contributed by atoms with Crippen LogP contribution in [-0.4, -0.2) is 40.9 Å². The first-order valence-electron chi connectivity index (χ1n) is 9.38. The lowest BCUT2D eigenvalue weighted by atomic mass is 9.96. The van der Waals surface area contributed by atoms with Crippen molar-refractivity contribution in [1.82, 2.24) is 14.9 Å². The van der Waals surface area contributed by atoms with Crippen LogP contribution in [0.5, 0.6) is 0 Å². The van der Waals surface area contributed by atoms with Gasteiger partial charge in [-0.1, -0.05) is 26.7 Å². The fourth-order valence-electron chi connectivity index (χ4n) is 3.38. The lowest BCUT2D eigenvalue weighted by Gasteiger charge is -2.33. The maximum atomic E-state index is 12.9. The van der Waals surface area contributed by atoms with Crippen LogP contribution in [0, 0.1) is 12.8 Å². The van der Waals surface area contributed by atoms with Crippen molar-refractivity contribution < 1.29 is 4.79 Å². The second-order valence-electron chi connectivity index (χ2n) is 6.79. The fraction of sp³-hybridized carbons (Fsp3) is 0.737. The van der Waals surface area contributed by atoms with Gasteiger partial charge in [-0.2, -0.15) is 0 Å². The van der Waals surface area contributed by atoms with Crippen LogP contribution in [-0.2, 0) is 17.8 Å². The highest BCUT2D eigenvalue weighted by atomic mass is 16.2. The predicted molar refractivity (Wildman–Crippen MR) is 98.1 cm³/mol. The Morgan fingerprint density at radius 1 is 1.29 bits per heavy atom. The van der Waals surface area contributed by atoms with Crippen molar-refractivity contribution in [3.8, 4) is 0 Å². The van der Waals surface area contributed by atoms with Gasteiger partial charge in [-0.25, -0.2) is 9.97 Å². The number of anilines is 1. The molecular weight excluding hydrogens is 300 g/mol. The molecule has 1 amide bonds. The Morgan fingerprint density at radius 2 is 2.04 bits per heavy atom. The summed E-state index contributed by atoms with van der Waals surface area (Å²) in [6, 6.07) is 0. The molecule has 1 atom stereocenters. The molecule has 134 valence electrons. The highest BCUT2D eigenvalue weighted by molar-refractivity contribution is 5.79. The molecule has 0 aromatic carbocycles. The average Bonchev–Trinajstić information content (AvgIpc) is 2.60. The van der Waals surface area contributed by atoms with Gasteiger partial charge >= 0.3 is 0 Å². The van der Waals surface area contributed by atoms with Gasteiger partial charge in [-0.05, 0) is 26.7 Å². The molecule has 1 aliphatic rings. The Hall–Kier alpha value is -1.65. The van der Waals surface area contributed by atoms with Gasteiger partial charge in [0, 0.05) is 38.0 Å². The number of aryl methyl sites for hydroxylation is 1. The van der Waals surface area contributed by atoms with E-state index >= 15 is 0 Å². The summed E-state index contributed by atoms with van der Waals surface area (Å²) in [5.74, 6) is 2.27. The van der Waals surface area contributed by atoms with Crippen LogP contribution in [0.25, 0.3) is 0 Å². The lowest BCUT2D eigenvalue weighted by Crippen LogP contribution is -2.41. The van der Waals surface area contributed by atoms with Crippen LogP contribution in [0.2, 0.25) is 0 Å². The summed E-state index contributed by atoms with van der Waals surface area (Å²) < 4.78 is 0. The van der Waals surface area contributed by atoms with Crippen molar-refractivity contribution in [2.24, 2.45) is 5.92 Å². The summed E-state index contributed by atoms with van der Waals surface area (Å²) in [4.78, 5) is 26.4. The molecule has 0 unspecified atom stereocenters. The largest absolute Gasteiger partial charge is 0.360 e. The van der Waals surface area contributed by atoms with Crippen molar-refractivity contribution in [3.05, 3.63) is 17.1 Å². The van der Waals surface area contributed by atoms with Crippen LogP contribution in [0.4, 0.5) is 5.82 Å². The molecule has 24 heavy (non-hydrogen) atoms. The molecule has 1 aromatic rings. The van der Waals surface area contributed by atoms with Crippen molar-refractivity contribution in [2.75, 3.05) is 25.0 Å². The number of unbranched alkanes of at least 4 members (excludes halogenated alkanes) is 1. The molecule has 5 nitrogen and oxygen atoms in total. The molecule has 1 aromatic heterocycles. The van der Waals surface area contributed by atoms with E-state index in [1.165, 1.54) is 0 Å². The van der Waals surface area contributed by atoms with Gasteiger partial charge in [-0.15, -0.1) is 0 Å². The number of carbonyl (C=O) groups excluding carboxylic acids is 1. The summed E-state index contributed by atoms with van der Waals surface area (Å²) in [6.45, 7) is 10.7. The number of carbonyl (C=O) groups is 1. The summed E-state index contributed by atoms with van der Waals surface area (Å²) in [6.07, 6.45) is 5.03. The summed E-state index contributed by atoms with van der Waals surface area (Å²) in [5.41, 5.74) is 2.25. The zero-order valence-corrected chi connectivity index (χ0v) is 15.9. The lowest BCUT2D eigenvalue weighted by molar-refractivity contribution is -0.136. The number of aromatic nitrogens is 2. The zero-order valence-electron chi connectivity index (χ0n) is 15.9. The van der Waals surface area contributed by atoms with Gasteiger partial charge in [0.2, 0.25) is 5.91 Å². The van der Waals surface area contributed by atoms with Crippen LogP contribution >= 0.6 is 0 Å². The van der Waals surface area contributed by atoms with E-state index in [2.05, 4.69) is 42.7 Å². The Bertz CT molecular complexity index is 573. The molecule has 0 aliphatic carbocycles. The molecule has 5 heteroatoms. The number of amides is 1. The maximum absolute atomic E-state index is 12.9. The van der Waals surface area contributed by atoms with E-state index in [1.54, 1.807) is 0 Å². The van der Waals surface area contributed by atoms with Crippen LogP contribution in [0.15, 0.2) is 0 Å². The number of nitrogens with zero attached hydrogens (tertiary/aromatic N) is 4. The Morgan fingerprint density at radius 3 is 2.67 bits per heavy atom. The number of rotatable bonds is 7. The quantitative estimate of drug-likeness (QED) is 0.768. The van der Waals surface area contributed by atoms with Gasteiger partial charge in [-0.3, -0.25) is 4.79 Å². The van der Waals surface area contributed by atoms with E-state index in [-0.39, 0.29) is 5.92 Å². The summed E-state index contributed by atoms with van der Waals surface area (Å²) in [5, 5.41) is 0. The summed E-state index contributed by atoms with van der Waals surface area (Å²) >= 11 is 0. The van der Waals surface area contributed by atoms with Crippen molar-refractivity contribution in [1.29, 1.82) is 0 Å². The molecule has 2 heterocycles. The molecule has 0 saturated carbocycles. The van der Waals surface area contributed by atoms with Gasteiger partial charge < -0.3 is 9.80 Å². The standard InChI is InChI=1S/C19H32N4O/c1-6-9-10-15(7-2)19(24)23-12-11-17-16(13-23)18(22(5)8-3)21-14(4)20-17/h15H,6-13H2,1-5H3/t15-/m0/s1. The first-order chi connectivity index (χ1) is 11.5. The fourth-order valence-corrected chi connectivity index (χ4v) is 3.38. The zero-order chi connectivity index (χ0) is 17.7. The highest BCUT2D eigenvalue weighted by Crippen LogP contribution is 2.28. The molecule has 0 fully saturated rings. The molecule has 0 radical (unpaired) electrons. The molecule has 0 bridgehead atoms. The third-order valence-electron chi connectivity index (χ3n) is 5.05. The monoisotopic (exact) mass is 332 g/mol. The first kappa shape index (κ1) is 18.7. The van der Waals surface area contributed by atoms with Crippen molar-refractivity contribution in [3.63, 3.8) is 0 Å². The smallest absolute Gasteiger partial charge is 0.225 e. The van der Waals surface area contributed by atoms with E-state index in [0.717, 1.165) is 68.1 Å². The summed E-state index contributed by atoms with van der Waals surface area (Å²) in [7, 11) is 2.05. The molecule has 0 N–H and O–H groups in total. The van der Waals surface area contributed by atoms with Gasteiger partial charge in [0.05, 0.1) is 12.2 Å². The van der Waals surface area contributed by atoms with Crippen molar-refractivity contribution in [2.45, 2.75) is 66.3 Å². The second kappa shape index (κ2) is 8.45. The minimum Gasteiger partial charge on any atom is -0.360 e. The van der Waals surface area contributed by atoms with E-state index < -0.39 is 0 Å². The van der Waals surface area contributed by atoms with Gasteiger partial charge in [0.1, 0.15) is 11.6 Å². The Labute approximate surface area is 146 Å². The number of fused-ring (bicyclic) bond motifs is 1. The molecule has 0 spiro atoms. The number of hydrogen-bond donors (Lipinski definition) is 0. The topological polar surface area (TPSA) is 49.3 Å². The number of hydrogen-bond acceptors (Lipinski definition) is 4. The third kappa shape index (κ3) is 4.05. The molecular formula is C19H32N4O. The Kier molecular flexibility index (Phi) is 6.58. The predicted octanol–water partition coefficient (Wildman–Crippen LogP) is 3.34. The van der Waals surface area contributed by atoms with Crippen molar-refractivity contribution >= 4 is 11.7 Å². The Balaban J connectivity index is 2.22. The minimum atomic E-state index is 0.158. The van der Waals surface area contributed by atoms with Crippen LogP contribution < -0.4 is 4.90 Å². The van der Waals surface area contributed by atoms with E-state index in [9.17, 15) is 4.79 Å². The average molecular weight is 332 g/mol. The highest BCUT2D eigenvalue weighted by Gasteiger charge is 2.29. The van der Waals surface area contributed by atoms with Gasteiger partial charge in [0.15, 0.2) is 0 Å². The van der Waals surface area contributed by atoms with Crippen LogP contribution in [0.1, 0.15) is 63.5 Å². The molecule has 0 saturated heterocycles. The van der Waals surface area contributed by atoms with Crippen LogP contribution in [0.3, 0.4) is 0 Å². The SMILES string of the molecule is CCCC[C@H](CC)C(=O)N1CCc2nc(C)nc(N(C)CC)c2C1. The molecule has 1 aliphatic heterocycles. The first-order valence-corrected chi connectivity index (χ1v) is 9.38. The molecule has 2 rings (SSSR count). The van der Waals surface area contributed by atoms with Gasteiger partial charge in [0.25, 0.3) is 0 Å². The third-order valence-corrected chi connectivity index (χ3v) is 5.05. The van der Waals surface area contributed by atoms with E-state index in [0.29, 0.717) is 12.5 Å². The van der Waals surface area contributed by atoms with E-state index in [4.69, 9.17) is 0 Å². The maximum Gasteiger partial charge on any atom is 0.225 e. The second-order valence-corrected chi connectivity index (χ2v) is 6.79. The minimum absolute atomic E-state index is 0.158. The van der Waals surface area contributed by atoms with E-state index in [1.807, 2.05) is 11.8 Å². The normalized spacial score (nSPS) is 15.1.